The van der Waals surface area contributed by atoms with E-state index in [1.165, 1.54) is 0 Å². The number of carbonyl (C=O) groups is 3. The lowest BCUT2D eigenvalue weighted by Gasteiger charge is -2.22. The first-order valence-electron chi connectivity index (χ1n) is 5.14. The fourth-order valence-electron chi connectivity index (χ4n) is 1.82. The summed E-state index contributed by atoms with van der Waals surface area (Å²) in [5, 5.41) is 10.0. The summed E-state index contributed by atoms with van der Waals surface area (Å²) in [5.41, 5.74) is -0.520. The van der Waals surface area contributed by atoms with Gasteiger partial charge in [0.05, 0.1) is 43.2 Å². The monoisotopic (exact) mass is 354 g/mol. The Kier molecular flexibility index (Phi) is 3.90. The number of hydrogen-bond donors (Lipinski definition) is 0. The molecule has 20 heavy (non-hydrogen) atoms. The topological polar surface area (TPSA) is 77.5 Å². The van der Waals surface area contributed by atoms with Gasteiger partial charge >= 0.3 is 0 Å². The fourth-order valence-corrected chi connectivity index (χ4v) is 2.84. The summed E-state index contributed by atoms with van der Waals surface area (Å²) in [5.74, 6) is -3.41. The highest BCUT2D eigenvalue weighted by Crippen LogP contribution is 2.45. The van der Waals surface area contributed by atoms with Crippen LogP contribution in [0.2, 0.25) is 20.1 Å². The average molecular weight is 356 g/mol. The van der Waals surface area contributed by atoms with Crippen molar-refractivity contribution in [1.82, 2.24) is 4.90 Å². The third-order valence-electron chi connectivity index (χ3n) is 2.86. The molecule has 1 aliphatic rings. The first-order chi connectivity index (χ1) is 9.20. The van der Waals surface area contributed by atoms with Crippen LogP contribution in [-0.2, 0) is 4.79 Å². The lowest BCUT2D eigenvalue weighted by molar-refractivity contribution is -0.309. The minimum absolute atomic E-state index is 0.179. The number of carboxylic acids is 1. The van der Waals surface area contributed by atoms with Gasteiger partial charge in [0.2, 0.25) is 0 Å². The Bertz CT molecular complexity index is 626. The van der Waals surface area contributed by atoms with Crippen molar-refractivity contribution in [3.8, 4) is 0 Å². The quantitative estimate of drug-likeness (QED) is 0.462. The average Bonchev–Trinajstić information content (AvgIpc) is 2.64. The first kappa shape index (κ1) is 15.4. The highest BCUT2D eigenvalue weighted by molar-refractivity contribution is 6.55. The Morgan fingerprint density at radius 1 is 0.950 bits per heavy atom. The minimum Gasteiger partial charge on any atom is -0.548 e. The normalized spacial score (nSPS) is 15.6. The number of halogens is 4. The van der Waals surface area contributed by atoms with Crippen molar-refractivity contribution < 1.29 is 19.5 Å². The van der Waals surface area contributed by atoms with Crippen LogP contribution in [0.15, 0.2) is 0 Å². The fraction of sp³-hybridized carbons (Fsp3) is 0.182. The molecule has 0 fully saturated rings. The van der Waals surface area contributed by atoms with Crippen LogP contribution in [-0.4, -0.2) is 28.7 Å². The van der Waals surface area contributed by atoms with Crippen molar-refractivity contribution in [3.63, 3.8) is 0 Å². The first-order valence-corrected chi connectivity index (χ1v) is 6.66. The summed E-state index contributed by atoms with van der Waals surface area (Å²) >= 11 is 23.4. The molecule has 9 heteroatoms. The lowest BCUT2D eigenvalue weighted by Crippen LogP contribution is -2.48. The second-order valence-electron chi connectivity index (χ2n) is 3.98. The standard InChI is InChI=1S/C11H5Cl4NO4/c1-2(11(19)20)16-9(17)3-4(10(16)18)6(13)8(15)7(14)5(3)12/h2H,1H3,(H,19,20)/p-1/t2-/m0/s1. The Balaban J connectivity index is 2.73. The molecular formula is C11H4Cl4NO4-. The second kappa shape index (κ2) is 5.07. The number of fused-ring (bicyclic) bond motifs is 1. The highest BCUT2D eigenvalue weighted by atomic mass is 35.5. The largest absolute Gasteiger partial charge is 0.548 e. The predicted octanol–water partition coefficient (Wildman–Crippen LogP) is 2.03. The van der Waals surface area contributed by atoms with Gasteiger partial charge in [-0.3, -0.25) is 14.5 Å². The van der Waals surface area contributed by atoms with E-state index in [9.17, 15) is 19.5 Å². The number of hydrogen-bond acceptors (Lipinski definition) is 4. The molecule has 1 atom stereocenters. The van der Waals surface area contributed by atoms with Gasteiger partial charge in [0.25, 0.3) is 11.8 Å². The number of carbonyl (C=O) groups excluding carboxylic acids is 3. The number of benzene rings is 1. The maximum absolute atomic E-state index is 12.2. The number of amides is 2. The molecule has 1 aliphatic heterocycles. The molecule has 1 aromatic carbocycles. The summed E-state index contributed by atoms with van der Waals surface area (Å²) in [6.07, 6.45) is 0. The van der Waals surface area contributed by atoms with Gasteiger partial charge in [-0.25, -0.2) is 0 Å². The Hall–Kier alpha value is -1.01. The van der Waals surface area contributed by atoms with Crippen LogP contribution in [0.4, 0.5) is 0 Å². The molecule has 1 aromatic rings. The van der Waals surface area contributed by atoms with Crippen molar-refractivity contribution in [2.45, 2.75) is 13.0 Å². The number of rotatable bonds is 2. The Morgan fingerprint density at radius 3 is 1.60 bits per heavy atom. The van der Waals surface area contributed by atoms with Gasteiger partial charge in [0, 0.05) is 0 Å². The SMILES string of the molecule is C[C@@H](C(=O)[O-])N1C(=O)c2c(Cl)c(Cl)c(Cl)c(Cl)c2C1=O. The summed E-state index contributed by atoms with van der Waals surface area (Å²) < 4.78 is 0. The van der Waals surface area contributed by atoms with Gasteiger partial charge in [0.15, 0.2) is 0 Å². The second-order valence-corrected chi connectivity index (χ2v) is 5.49. The molecule has 0 saturated heterocycles. The van der Waals surface area contributed by atoms with Gasteiger partial charge < -0.3 is 9.90 Å². The van der Waals surface area contributed by atoms with Crippen molar-refractivity contribution in [3.05, 3.63) is 31.2 Å². The van der Waals surface area contributed by atoms with Crippen LogP contribution in [0.25, 0.3) is 0 Å². The van der Waals surface area contributed by atoms with Crippen molar-refractivity contribution in [2.75, 3.05) is 0 Å². The predicted molar refractivity (Wildman–Crippen MR) is 71.5 cm³/mol. The number of carboxylic acid groups (broad SMARTS) is 1. The summed E-state index contributed by atoms with van der Waals surface area (Å²) in [6.45, 7) is 1.13. The van der Waals surface area contributed by atoms with Gasteiger partial charge in [-0.15, -0.1) is 0 Å². The maximum Gasteiger partial charge on any atom is 0.263 e. The maximum atomic E-state index is 12.2. The molecule has 0 radical (unpaired) electrons. The molecule has 0 aliphatic carbocycles. The summed E-state index contributed by atoms with van der Waals surface area (Å²) in [7, 11) is 0. The Morgan fingerprint density at radius 2 is 1.30 bits per heavy atom. The lowest BCUT2D eigenvalue weighted by atomic mass is 10.1. The van der Waals surface area contributed by atoms with Gasteiger partial charge in [-0.2, -0.15) is 0 Å². The molecule has 5 nitrogen and oxygen atoms in total. The molecule has 106 valence electrons. The molecule has 0 bridgehead atoms. The number of imide groups is 1. The van der Waals surface area contributed by atoms with E-state index < -0.39 is 23.8 Å². The van der Waals surface area contributed by atoms with Gasteiger partial charge in [0.1, 0.15) is 0 Å². The molecule has 0 unspecified atom stereocenters. The number of nitrogens with zero attached hydrogens (tertiary/aromatic N) is 1. The molecule has 0 N–H and O–H groups in total. The van der Waals surface area contributed by atoms with E-state index in [0.717, 1.165) is 6.92 Å². The molecule has 2 amide bonds. The highest BCUT2D eigenvalue weighted by Gasteiger charge is 2.43. The van der Waals surface area contributed by atoms with Crippen LogP contribution in [0.5, 0.6) is 0 Å². The Labute approximate surface area is 133 Å². The van der Waals surface area contributed by atoms with Crippen LogP contribution in [0.3, 0.4) is 0 Å². The van der Waals surface area contributed by atoms with Gasteiger partial charge in [-0.1, -0.05) is 46.4 Å². The molecule has 0 saturated carbocycles. The molecule has 1 heterocycles. The smallest absolute Gasteiger partial charge is 0.263 e. The van der Waals surface area contributed by atoms with E-state index in [2.05, 4.69) is 0 Å². The van der Waals surface area contributed by atoms with E-state index in [1.54, 1.807) is 0 Å². The van der Waals surface area contributed by atoms with E-state index in [4.69, 9.17) is 46.4 Å². The van der Waals surface area contributed by atoms with Crippen LogP contribution < -0.4 is 5.11 Å². The zero-order valence-electron chi connectivity index (χ0n) is 9.67. The van der Waals surface area contributed by atoms with Crippen LogP contribution in [0, 0.1) is 0 Å². The zero-order chi connectivity index (χ0) is 15.4. The van der Waals surface area contributed by atoms with Crippen molar-refractivity contribution in [2.24, 2.45) is 0 Å². The molecular weight excluding hydrogens is 352 g/mol. The number of aliphatic carboxylic acids is 1. The molecule has 0 aromatic heterocycles. The van der Waals surface area contributed by atoms with E-state index in [0.29, 0.717) is 4.90 Å². The van der Waals surface area contributed by atoms with Crippen molar-refractivity contribution in [1.29, 1.82) is 0 Å². The van der Waals surface area contributed by atoms with Crippen LogP contribution in [0.1, 0.15) is 27.6 Å². The van der Waals surface area contributed by atoms with Crippen molar-refractivity contribution >= 4 is 64.2 Å². The summed E-state index contributed by atoms with van der Waals surface area (Å²) in [6, 6.07) is -1.48. The molecule has 0 spiro atoms. The third kappa shape index (κ3) is 1.97. The van der Waals surface area contributed by atoms with E-state index in [1.807, 2.05) is 0 Å². The third-order valence-corrected chi connectivity index (χ3v) is 4.66. The van der Waals surface area contributed by atoms with E-state index >= 15 is 0 Å². The zero-order valence-corrected chi connectivity index (χ0v) is 12.7. The van der Waals surface area contributed by atoms with Crippen LogP contribution >= 0.6 is 46.4 Å². The molecule has 2 rings (SSSR count). The summed E-state index contributed by atoms with van der Waals surface area (Å²) in [4.78, 5) is 35.7. The van der Waals surface area contributed by atoms with Gasteiger partial charge in [-0.05, 0) is 6.92 Å². The van der Waals surface area contributed by atoms with E-state index in [-0.39, 0.29) is 31.2 Å². The minimum atomic E-state index is -1.59.